The summed E-state index contributed by atoms with van der Waals surface area (Å²) in [7, 11) is 0. The number of nitrogens with one attached hydrogen (secondary N) is 1. The summed E-state index contributed by atoms with van der Waals surface area (Å²) in [5, 5.41) is 8.65. The van der Waals surface area contributed by atoms with Crippen LogP contribution in [0, 0.1) is 0 Å². The van der Waals surface area contributed by atoms with Crippen molar-refractivity contribution < 1.29 is 5.11 Å². The van der Waals surface area contributed by atoms with E-state index in [4.69, 9.17) is 10.8 Å². The third-order valence-electron chi connectivity index (χ3n) is 1.41. The van der Waals surface area contributed by atoms with E-state index in [1.807, 2.05) is 24.3 Å². The van der Waals surface area contributed by atoms with Gasteiger partial charge in [-0.3, -0.25) is 5.73 Å². The van der Waals surface area contributed by atoms with Gasteiger partial charge in [-0.1, -0.05) is 24.3 Å². The van der Waals surface area contributed by atoms with Crippen LogP contribution in [-0.2, 0) is 13.2 Å². The molecule has 0 heterocycles. The van der Waals surface area contributed by atoms with Gasteiger partial charge in [0.2, 0.25) is 0 Å². The fourth-order valence-electron chi connectivity index (χ4n) is 0.763. The van der Waals surface area contributed by atoms with E-state index in [1.54, 1.807) is 0 Å². The van der Waals surface area contributed by atoms with Gasteiger partial charge in [0.1, 0.15) is 0 Å². The number of hydrogen-bond donors (Lipinski definition) is 1. The number of aliphatic hydroxyl groups excluding tert-OH is 1. The Morgan fingerprint density at radius 2 is 1.60 bits per heavy atom. The second-order valence-electron chi connectivity index (χ2n) is 2.15. The molecule has 0 bridgehead atoms. The molecule has 1 radical (unpaired) electrons. The van der Waals surface area contributed by atoms with Crippen LogP contribution in [0.2, 0.25) is 0 Å². The van der Waals surface area contributed by atoms with E-state index in [-0.39, 0.29) is 6.61 Å². The van der Waals surface area contributed by atoms with Gasteiger partial charge in [0, 0.05) is 6.54 Å². The monoisotopic (exact) mass is 136 g/mol. The largest absolute Gasteiger partial charge is 0.392 e. The van der Waals surface area contributed by atoms with Crippen molar-refractivity contribution in [1.82, 2.24) is 5.73 Å². The SMILES string of the molecule is [NH]Cc1ccc(CO)cc1. The molecule has 1 aromatic rings. The van der Waals surface area contributed by atoms with Crippen molar-refractivity contribution in [2.45, 2.75) is 13.2 Å². The van der Waals surface area contributed by atoms with Crippen LogP contribution in [0.1, 0.15) is 11.1 Å². The summed E-state index contributed by atoms with van der Waals surface area (Å²) >= 11 is 0. The molecule has 0 saturated carbocycles. The molecule has 0 aromatic heterocycles. The zero-order valence-electron chi connectivity index (χ0n) is 5.67. The maximum atomic E-state index is 8.65. The quantitative estimate of drug-likeness (QED) is 0.646. The van der Waals surface area contributed by atoms with E-state index >= 15 is 0 Å². The van der Waals surface area contributed by atoms with E-state index in [9.17, 15) is 0 Å². The topological polar surface area (TPSA) is 44.0 Å². The summed E-state index contributed by atoms with van der Waals surface area (Å²) in [6, 6.07) is 7.39. The fraction of sp³-hybridized carbons (Fsp3) is 0.250. The third-order valence-corrected chi connectivity index (χ3v) is 1.41. The zero-order chi connectivity index (χ0) is 7.40. The zero-order valence-corrected chi connectivity index (χ0v) is 5.67. The second-order valence-corrected chi connectivity index (χ2v) is 2.15. The van der Waals surface area contributed by atoms with Crippen molar-refractivity contribution in [1.29, 1.82) is 0 Å². The summed E-state index contributed by atoms with van der Waals surface area (Å²) in [6.07, 6.45) is 0. The minimum absolute atomic E-state index is 0.0816. The molecule has 53 valence electrons. The minimum atomic E-state index is 0.0816. The molecule has 0 aliphatic carbocycles. The van der Waals surface area contributed by atoms with E-state index in [0.717, 1.165) is 11.1 Å². The lowest BCUT2D eigenvalue weighted by Crippen LogP contribution is -1.86. The molecule has 0 atom stereocenters. The highest BCUT2D eigenvalue weighted by Crippen LogP contribution is 2.02. The van der Waals surface area contributed by atoms with Crippen molar-refractivity contribution in [2.24, 2.45) is 0 Å². The number of aliphatic hydroxyl groups is 1. The van der Waals surface area contributed by atoms with Crippen LogP contribution in [0.15, 0.2) is 24.3 Å². The van der Waals surface area contributed by atoms with Crippen LogP contribution in [0.3, 0.4) is 0 Å². The molecule has 2 N–H and O–H groups in total. The Morgan fingerprint density at radius 3 is 2.00 bits per heavy atom. The Morgan fingerprint density at radius 1 is 1.10 bits per heavy atom. The molecule has 10 heavy (non-hydrogen) atoms. The van der Waals surface area contributed by atoms with Crippen molar-refractivity contribution in [3.63, 3.8) is 0 Å². The number of benzene rings is 1. The van der Waals surface area contributed by atoms with Gasteiger partial charge in [-0.05, 0) is 11.1 Å². The van der Waals surface area contributed by atoms with Crippen molar-refractivity contribution in [3.05, 3.63) is 35.4 Å². The fourth-order valence-corrected chi connectivity index (χ4v) is 0.763. The maximum absolute atomic E-state index is 8.65. The molecule has 2 nitrogen and oxygen atoms in total. The van der Waals surface area contributed by atoms with E-state index in [1.165, 1.54) is 0 Å². The molecular formula is C8H10NO. The first-order valence-electron chi connectivity index (χ1n) is 3.20. The van der Waals surface area contributed by atoms with Crippen molar-refractivity contribution >= 4 is 0 Å². The third kappa shape index (κ3) is 1.56. The molecule has 2 heteroatoms. The standard InChI is InChI=1S/C8H10NO/c9-5-7-1-3-8(6-10)4-2-7/h1-4,9-10H,5-6H2. The molecule has 0 aliphatic heterocycles. The van der Waals surface area contributed by atoms with Crippen LogP contribution in [0.4, 0.5) is 0 Å². The molecule has 0 aliphatic rings. The lowest BCUT2D eigenvalue weighted by molar-refractivity contribution is 0.282. The Balaban J connectivity index is 2.80. The second kappa shape index (κ2) is 3.34. The Labute approximate surface area is 60.3 Å². The van der Waals surface area contributed by atoms with Gasteiger partial charge in [0.05, 0.1) is 6.61 Å². The first kappa shape index (κ1) is 7.25. The van der Waals surface area contributed by atoms with E-state index in [2.05, 4.69) is 0 Å². The highest BCUT2D eigenvalue weighted by Gasteiger charge is 1.89. The van der Waals surface area contributed by atoms with Crippen LogP contribution in [0.5, 0.6) is 0 Å². The van der Waals surface area contributed by atoms with E-state index in [0.29, 0.717) is 6.54 Å². The Hall–Kier alpha value is -0.860. The van der Waals surface area contributed by atoms with Gasteiger partial charge < -0.3 is 5.11 Å². The van der Waals surface area contributed by atoms with Crippen LogP contribution >= 0.6 is 0 Å². The van der Waals surface area contributed by atoms with E-state index < -0.39 is 0 Å². The summed E-state index contributed by atoms with van der Waals surface area (Å²) in [5.74, 6) is 0. The molecular weight excluding hydrogens is 126 g/mol. The van der Waals surface area contributed by atoms with Gasteiger partial charge in [-0.25, -0.2) is 0 Å². The van der Waals surface area contributed by atoms with Crippen molar-refractivity contribution in [2.75, 3.05) is 0 Å². The minimum Gasteiger partial charge on any atom is -0.392 e. The lowest BCUT2D eigenvalue weighted by atomic mass is 10.1. The lowest BCUT2D eigenvalue weighted by Gasteiger charge is -1.96. The molecule has 0 unspecified atom stereocenters. The highest BCUT2D eigenvalue weighted by molar-refractivity contribution is 5.21. The summed E-state index contributed by atoms with van der Waals surface area (Å²) < 4.78 is 0. The first-order chi connectivity index (χ1) is 4.86. The Bertz CT molecular complexity index is 170. The first-order valence-corrected chi connectivity index (χ1v) is 3.20. The highest BCUT2D eigenvalue weighted by atomic mass is 16.3. The van der Waals surface area contributed by atoms with Gasteiger partial charge in [-0.15, -0.1) is 0 Å². The molecule has 0 spiro atoms. The smallest absolute Gasteiger partial charge is 0.0681 e. The molecule has 0 fully saturated rings. The van der Waals surface area contributed by atoms with Crippen LogP contribution < -0.4 is 5.73 Å². The average molecular weight is 136 g/mol. The van der Waals surface area contributed by atoms with Gasteiger partial charge >= 0.3 is 0 Å². The molecule has 0 saturated heterocycles. The maximum Gasteiger partial charge on any atom is 0.0681 e. The summed E-state index contributed by atoms with van der Waals surface area (Å²) in [4.78, 5) is 0. The average Bonchev–Trinajstić information content (AvgIpc) is 2.05. The van der Waals surface area contributed by atoms with Gasteiger partial charge in [0.25, 0.3) is 0 Å². The van der Waals surface area contributed by atoms with Crippen molar-refractivity contribution in [3.8, 4) is 0 Å². The predicted octanol–water partition coefficient (Wildman–Crippen LogP) is 0.962. The normalized spacial score (nSPS) is 9.80. The summed E-state index contributed by atoms with van der Waals surface area (Å²) in [5.41, 5.74) is 8.89. The predicted molar refractivity (Wildman–Crippen MR) is 39.2 cm³/mol. The van der Waals surface area contributed by atoms with Gasteiger partial charge in [-0.2, -0.15) is 0 Å². The van der Waals surface area contributed by atoms with Gasteiger partial charge in [0.15, 0.2) is 0 Å². The molecule has 1 aromatic carbocycles. The molecule has 1 rings (SSSR count). The van der Waals surface area contributed by atoms with Crippen LogP contribution in [-0.4, -0.2) is 5.11 Å². The number of rotatable bonds is 2. The number of hydrogen-bond acceptors (Lipinski definition) is 1. The van der Waals surface area contributed by atoms with Crippen LogP contribution in [0.25, 0.3) is 0 Å². The Kier molecular flexibility index (Phi) is 2.42. The summed E-state index contributed by atoms with van der Waals surface area (Å²) in [6.45, 7) is 0.393. The molecule has 0 amide bonds.